The summed E-state index contributed by atoms with van der Waals surface area (Å²) >= 11 is 0. The molecule has 0 aliphatic heterocycles. The Bertz CT molecular complexity index is 492. The van der Waals surface area contributed by atoms with Crippen LogP contribution in [0.4, 0.5) is 0 Å². The first kappa shape index (κ1) is 15.7. The van der Waals surface area contributed by atoms with E-state index in [0.29, 0.717) is 5.92 Å². The summed E-state index contributed by atoms with van der Waals surface area (Å²) < 4.78 is 12.9. The van der Waals surface area contributed by atoms with Crippen molar-refractivity contribution in [3.05, 3.63) is 29.8 Å². The SMILES string of the molecule is Cc1ccccc1S(=O)C1CC(C(C)(C)C)CCC1N. The van der Waals surface area contributed by atoms with E-state index in [1.54, 1.807) is 0 Å². The molecular weight excluding hydrogens is 266 g/mol. The highest BCUT2D eigenvalue weighted by Gasteiger charge is 2.37. The van der Waals surface area contributed by atoms with Crippen molar-refractivity contribution in [2.45, 2.75) is 63.1 Å². The number of nitrogens with two attached hydrogens (primary N) is 1. The summed E-state index contributed by atoms with van der Waals surface area (Å²) in [6, 6.07) is 8.04. The maximum absolute atomic E-state index is 12.9. The van der Waals surface area contributed by atoms with Gasteiger partial charge in [-0.3, -0.25) is 4.21 Å². The van der Waals surface area contributed by atoms with Gasteiger partial charge in [0.1, 0.15) is 0 Å². The summed E-state index contributed by atoms with van der Waals surface area (Å²) in [4.78, 5) is 0.961. The number of rotatable bonds is 2. The average Bonchev–Trinajstić information content (AvgIpc) is 2.37. The smallest absolute Gasteiger partial charge is 0.0579 e. The minimum Gasteiger partial charge on any atom is -0.327 e. The molecule has 112 valence electrons. The largest absolute Gasteiger partial charge is 0.327 e. The molecular formula is C17H27NOS. The monoisotopic (exact) mass is 293 g/mol. The molecule has 1 fully saturated rings. The minimum atomic E-state index is -0.992. The standard InChI is InChI=1S/C17H27NOS/c1-12-7-5-6-8-15(12)20(19)16-11-13(17(2,3)4)9-10-14(16)18/h5-8,13-14,16H,9-11,18H2,1-4H3. The first-order valence-corrected chi connectivity index (χ1v) is 8.74. The highest BCUT2D eigenvalue weighted by atomic mass is 32.2. The molecule has 1 aliphatic rings. The van der Waals surface area contributed by atoms with Crippen molar-refractivity contribution in [3.8, 4) is 0 Å². The van der Waals surface area contributed by atoms with E-state index < -0.39 is 10.8 Å². The van der Waals surface area contributed by atoms with Crippen LogP contribution in [-0.4, -0.2) is 15.5 Å². The lowest BCUT2D eigenvalue weighted by atomic mass is 9.71. The molecule has 3 heteroatoms. The Hall–Kier alpha value is -0.670. The van der Waals surface area contributed by atoms with E-state index in [1.807, 2.05) is 31.2 Å². The van der Waals surface area contributed by atoms with Crippen molar-refractivity contribution < 1.29 is 4.21 Å². The molecule has 0 heterocycles. The summed E-state index contributed by atoms with van der Waals surface area (Å²) in [5.74, 6) is 0.611. The van der Waals surface area contributed by atoms with Crippen molar-refractivity contribution >= 4 is 10.8 Å². The van der Waals surface area contributed by atoms with Gasteiger partial charge in [-0.25, -0.2) is 0 Å². The maximum Gasteiger partial charge on any atom is 0.0579 e. The fourth-order valence-electron chi connectivity index (χ4n) is 3.13. The topological polar surface area (TPSA) is 43.1 Å². The molecule has 4 atom stereocenters. The molecule has 1 aromatic rings. The number of benzene rings is 1. The third kappa shape index (κ3) is 3.32. The van der Waals surface area contributed by atoms with Crippen LogP contribution in [0, 0.1) is 18.3 Å². The molecule has 0 bridgehead atoms. The van der Waals surface area contributed by atoms with Gasteiger partial charge >= 0.3 is 0 Å². The van der Waals surface area contributed by atoms with Crippen LogP contribution in [0.2, 0.25) is 0 Å². The van der Waals surface area contributed by atoms with Crippen molar-refractivity contribution in [2.24, 2.45) is 17.1 Å². The van der Waals surface area contributed by atoms with Gasteiger partial charge in [0, 0.05) is 10.9 Å². The van der Waals surface area contributed by atoms with Crippen LogP contribution < -0.4 is 5.73 Å². The molecule has 0 aromatic heterocycles. The molecule has 1 aliphatic carbocycles. The van der Waals surface area contributed by atoms with Crippen LogP contribution in [0.5, 0.6) is 0 Å². The number of aryl methyl sites for hydroxylation is 1. The summed E-state index contributed by atoms with van der Waals surface area (Å²) in [6.45, 7) is 8.87. The van der Waals surface area contributed by atoms with E-state index in [9.17, 15) is 4.21 Å². The second kappa shape index (κ2) is 5.98. The van der Waals surface area contributed by atoms with Crippen molar-refractivity contribution in [1.29, 1.82) is 0 Å². The lowest BCUT2D eigenvalue weighted by molar-refractivity contribution is 0.173. The molecule has 1 saturated carbocycles. The van der Waals surface area contributed by atoms with Gasteiger partial charge in [0.2, 0.25) is 0 Å². The Kier molecular flexibility index (Phi) is 4.70. The van der Waals surface area contributed by atoms with Crippen LogP contribution in [0.3, 0.4) is 0 Å². The zero-order valence-corrected chi connectivity index (χ0v) is 13.9. The molecule has 2 nitrogen and oxygen atoms in total. The zero-order valence-electron chi connectivity index (χ0n) is 13.1. The van der Waals surface area contributed by atoms with Crippen LogP contribution in [0.1, 0.15) is 45.6 Å². The normalized spacial score (nSPS) is 29.1. The van der Waals surface area contributed by atoms with Crippen molar-refractivity contribution in [3.63, 3.8) is 0 Å². The van der Waals surface area contributed by atoms with E-state index in [4.69, 9.17) is 5.73 Å². The summed E-state index contributed by atoms with van der Waals surface area (Å²) in [5, 5.41) is 0.0917. The lowest BCUT2D eigenvalue weighted by Gasteiger charge is -2.40. The minimum absolute atomic E-state index is 0.0639. The molecule has 2 N–H and O–H groups in total. The Morgan fingerprint density at radius 1 is 1.20 bits per heavy atom. The van der Waals surface area contributed by atoms with Gasteiger partial charge in [-0.1, -0.05) is 39.0 Å². The predicted octanol–water partition coefficient (Wildman–Crippen LogP) is 3.64. The van der Waals surface area contributed by atoms with Gasteiger partial charge < -0.3 is 5.73 Å². The second-order valence-corrected chi connectivity index (χ2v) is 8.78. The van der Waals surface area contributed by atoms with Crippen molar-refractivity contribution in [1.82, 2.24) is 0 Å². The number of hydrogen-bond acceptors (Lipinski definition) is 2. The number of hydrogen-bond donors (Lipinski definition) is 1. The molecule has 0 saturated heterocycles. The lowest BCUT2D eigenvalue weighted by Crippen LogP contribution is -2.45. The van der Waals surface area contributed by atoms with E-state index in [0.717, 1.165) is 29.7 Å². The summed E-state index contributed by atoms with van der Waals surface area (Å²) in [6.07, 6.45) is 3.13. The Labute approximate surface area is 125 Å². The van der Waals surface area contributed by atoms with Crippen molar-refractivity contribution in [2.75, 3.05) is 0 Å². The molecule has 1 aromatic carbocycles. The van der Waals surface area contributed by atoms with Crippen LogP contribution in [0.25, 0.3) is 0 Å². The van der Waals surface area contributed by atoms with Gasteiger partial charge in [0.15, 0.2) is 0 Å². The van der Waals surface area contributed by atoms with E-state index in [1.165, 1.54) is 0 Å². The Morgan fingerprint density at radius 3 is 2.45 bits per heavy atom. The highest BCUT2D eigenvalue weighted by molar-refractivity contribution is 7.85. The molecule has 0 spiro atoms. The molecule has 0 radical (unpaired) electrons. The van der Waals surface area contributed by atoms with Gasteiger partial charge in [-0.05, 0) is 49.1 Å². The Balaban J connectivity index is 2.22. The van der Waals surface area contributed by atoms with Gasteiger partial charge in [-0.2, -0.15) is 0 Å². The van der Waals surface area contributed by atoms with Crippen LogP contribution >= 0.6 is 0 Å². The van der Waals surface area contributed by atoms with Crippen LogP contribution in [-0.2, 0) is 10.8 Å². The summed E-state index contributed by atoms with van der Waals surface area (Å²) in [7, 11) is -0.992. The third-order valence-electron chi connectivity index (χ3n) is 4.65. The summed E-state index contributed by atoms with van der Waals surface area (Å²) in [5.41, 5.74) is 7.66. The molecule has 0 amide bonds. The Morgan fingerprint density at radius 2 is 1.85 bits per heavy atom. The second-order valence-electron chi connectivity index (χ2n) is 7.14. The van der Waals surface area contributed by atoms with E-state index in [2.05, 4.69) is 20.8 Å². The van der Waals surface area contributed by atoms with E-state index >= 15 is 0 Å². The van der Waals surface area contributed by atoms with E-state index in [-0.39, 0.29) is 16.7 Å². The molecule has 2 rings (SSSR count). The fourth-order valence-corrected chi connectivity index (χ4v) is 4.92. The third-order valence-corrected chi connectivity index (χ3v) is 6.64. The highest BCUT2D eigenvalue weighted by Crippen LogP contribution is 2.40. The first-order valence-electron chi connectivity index (χ1n) is 7.52. The maximum atomic E-state index is 12.9. The quantitative estimate of drug-likeness (QED) is 0.904. The first-order chi connectivity index (χ1) is 9.30. The average molecular weight is 293 g/mol. The molecule has 20 heavy (non-hydrogen) atoms. The van der Waals surface area contributed by atoms with Gasteiger partial charge in [0.05, 0.1) is 16.0 Å². The van der Waals surface area contributed by atoms with Gasteiger partial charge in [0.25, 0.3) is 0 Å². The predicted molar refractivity (Wildman–Crippen MR) is 86.1 cm³/mol. The van der Waals surface area contributed by atoms with Gasteiger partial charge in [-0.15, -0.1) is 0 Å². The zero-order chi connectivity index (χ0) is 14.9. The fraction of sp³-hybridized carbons (Fsp3) is 0.647. The van der Waals surface area contributed by atoms with Crippen LogP contribution in [0.15, 0.2) is 29.2 Å². The molecule has 4 unspecified atom stereocenters.